The van der Waals surface area contributed by atoms with Crippen LogP contribution < -0.4 is 4.74 Å². The average Bonchev–Trinajstić information content (AvgIpc) is 2.76. The Morgan fingerprint density at radius 2 is 1.47 bits per heavy atom. The van der Waals surface area contributed by atoms with Crippen LogP contribution in [-0.2, 0) is 11.3 Å². The van der Waals surface area contributed by atoms with Crippen LogP contribution in [0.5, 0.6) is 5.75 Å². The van der Waals surface area contributed by atoms with Crippen molar-refractivity contribution in [2.24, 2.45) is 0 Å². The number of alkyl halides is 3. The zero-order chi connectivity index (χ0) is 23.1. The van der Waals surface area contributed by atoms with E-state index in [1.54, 1.807) is 0 Å². The molecule has 0 aliphatic carbocycles. The summed E-state index contributed by atoms with van der Waals surface area (Å²) in [5.74, 6) is -1.34. The maximum Gasteiger partial charge on any atom is 0.573 e. The molecule has 0 saturated carbocycles. The van der Waals surface area contributed by atoms with Crippen LogP contribution in [0.25, 0.3) is 0 Å². The summed E-state index contributed by atoms with van der Waals surface area (Å²) in [5.41, 5.74) is 2.61. The van der Waals surface area contributed by atoms with E-state index in [0.717, 1.165) is 11.1 Å². The maximum atomic E-state index is 12.5. The SMILES string of the molecule is C[C@H](c1ccccc1)N(Cc1ccccc1)C(CC(=O)O)c1ccc(OC(F)(F)F)cc1. The molecule has 0 spiro atoms. The number of hydrogen-bond donors (Lipinski definition) is 1. The Hall–Kier alpha value is -3.32. The Morgan fingerprint density at radius 1 is 0.906 bits per heavy atom. The fourth-order valence-electron chi connectivity index (χ4n) is 3.72. The number of halogens is 3. The number of hydrogen-bond acceptors (Lipinski definition) is 3. The number of carbonyl (C=O) groups is 1. The highest BCUT2D eigenvalue weighted by atomic mass is 19.4. The fourth-order valence-corrected chi connectivity index (χ4v) is 3.72. The first-order chi connectivity index (χ1) is 15.2. The van der Waals surface area contributed by atoms with Crippen LogP contribution in [-0.4, -0.2) is 22.3 Å². The van der Waals surface area contributed by atoms with Gasteiger partial charge in [0, 0.05) is 18.6 Å². The summed E-state index contributed by atoms with van der Waals surface area (Å²) in [6.07, 6.45) is -4.99. The minimum Gasteiger partial charge on any atom is -0.481 e. The molecule has 0 radical (unpaired) electrons. The number of aliphatic carboxylic acids is 1. The molecule has 4 nitrogen and oxygen atoms in total. The number of ether oxygens (including phenoxy) is 1. The third-order valence-electron chi connectivity index (χ3n) is 5.25. The summed E-state index contributed by atoms with van der Waals surface area (Å²) in [4.78, 5) is 13.8. The molecule has 2 atom stereocenters. The maximum absolute atomic E-state index is 12.5. The quantitative estimate of drug-likeness (QED) is 0.418. The molecule has 3 aromatic rings. The van der Waals surface area contributed by atoms with Crippen LogP contribution in [0, 0.1) is 0 Å². The van der Waals surface area contributed by atoms with Gasteiger partial charge in [-0.05, 0) is 35.7 Å². The molecule has 0 aliphatic heterocycles. The van der Waals surface area contributed by atoms with Crippen LogP contribution in [0.4, 0.5) is 13.2 Å². The molecule has 168 valence electrons. The zero-order valence-corrected chi connectivity index (χ0v) is 17.5. The van der Waals surface area contributed by atoms with E-state index in [9.17, 15) is 23.1 Å². The Labute approximate surface area is 184 Å². The first kappa shape index (κ1) is 23.3. The van der Waals surface area contributed by atoms with Crippen molar-refractivity contribution in [3.05, 3.63) is 102 Å². The lowest BCUT2D eigenvalue weighted by atomic mass is 9.96. The molecule has 0 aliphatic rings. The first-order valence-corrected chi connectivity index (χ1v) is 10.1. The Balaban J connectivity index is 1.98. The van der Waals surface area contributed by atoms with Crippen LogP contribution >= 0.6 is 0 Å². The van der Waals surface area contributed by atoms with E-state index in [4.69, 9.17) is 0 Å². The van der Waals surface area contributed by atoms with Gasteiger partial charge in [-0.1, -0.05) is 72.8 Å². The van der Waals surface area contributed by atoms with Crippen molar-refractivity contribution < 1.29 is 27.8 Å². The van der Waals surface area contributed by atoms with E-state index < -0.39 is 18.4 Å². The van der Waals surface area contributed by atoms with Crippen molar-refractivity contribution >= 4 is 5.97 Å². The molecule has 3 aromatic carbocycles. The van der Waals surface area contributed by atoms with E-state index in [0.29, 0.717) is 12.1 Å². The summed E-state index contributed by atoms with van der Waals surface area (Å²) in [6, 6.07) is 24.0. The standard InChI is InChI=1S/C25H24F3NO3/c1-18(20-10-6-3-7-11-20)29(17-19-8-4-2-5-9-19)23(16-24(30)31)21-12-14-22(15-13-21)32-25(26,27)28/h2-15,18,23H,16-17H2,1H3,(H,30,31)/t18-,23?/m1/s1. The summed E-state index contributed by atoms with van der Waals surface area (Å²) in [5, 5.41) is 9.62. The van der Waals surface area contributed by atoms with Gasteiger partial charge in [-0.2, -0.15) is 0 Å². The molecule has 1 N–H and O–H groups in total. The van der Waals surface area contributed by atoms with E-state index in [1.807, 2.05) is 67.6 Å². The lowest BCUT2D eigenvalue weighted by Crippen LogP contribution is -2.32. The van der Waals surface area contributed by atoms with Gasteiger partial charge in [0.25, 0.3) is 0 Å². The number of benzene rings is 3. The normalized spacial score (nSPS) is 13.5. The van der Waals surface area contributed by atoms with Crippen LogP contribution in [0.2, 0.25) is 0 Å². The van der Waals surface area contributed by atoms with E-state index in [-0.39, 0.29) is 18.2 Å². The lowest BCUT2D eigenvalue weighted by Gasteiger charge is -2.36. The highest BCUT2D eigenvalue weighted by Gasteiger charge is 2.32. The summed E-state index contributed by atoms with van der Waals surface area (Å²) < 4.78 is 41.5. The highest BCUT2D eigenvalue weighted by molar-refractivity contribution is 5.68. The number of carboxylic acids is 1. The molecule has 0 heterocycles. The fraction of sp³-hybridized carbons (Fsp3) is 0.240. The molecule has 0 bridgehead atoms. The molecule has 3 rings (SSSR count). The number of rotatable bonds is 9. The monoisotopic (exact) mass is 443 g/mol. The molecule has 1 unspecified atom stereocenters. The van der Waals surface area contributed by atoms with Crippen molar-refractivity contribution in [3.63, 3.8) is 0 Å². The Kier molecular flexibility index (Phi) is 7.53. The molecular weight excluding hydrogens is 419 g/mol. The smallest absolute Gasteiger partial charge is 0.481 e. The van der Waals surface area contributed by atoms with Crippen LogP contribution in [0.15, 0.2) is 84.9 Å². The number of nitrogens with zero attached hydrogens (tertiary/aromatic N) is 1. The predicted octanol–water partition coefficient (Wildman–Crippen LogP) is 6.36. The zero-order valence-electron chi connectivity index (χ0n) is 17.5. The second-order valence-corrected chi connectivity index (χ2v) is 7.48. The second kappa shape index (κ2) is 10.3. The van der Waals surface area contributed by atoms with Gasteiger partial charge in [0.2, 0.25) is 0 Å². The minimum atomic E-state index is -4.79. The molecule has 0 amide bonds. The molecule has 32 heavy (non-hydrogen) atoms. The third-order valence-corrected chi connectivity index (χ3v) is 5.25. The van der Waals surface area contributed by atoms with Crippen LogP contribution in [0.3, 0.4) is 0 Å². The predicted molar refractivity (Wildman–Crippen MR) is 115 cm³/mol. The topological polar surface area (TPSA) is 49.8 Å². The van der Waals surface area contributed by atoms with E-state index in [2.05, 4.69) is 9.64 Å². The summed E-state index contributed by atoms with van der Waals surface area (Å²) in [6.45, 7) is 2.46. The molecule has 0 aromatic heterocycles. The molecule has 0 fully saturated rings. The Morgan fingerprint density at radius 3 is 2.00 bits per heavy atom. The van der Waals surface area contributed by atoms with Crippen molar-refractivity contribution in [2.75, 3.05) is 0 Å². The van der Waals surface area contributed by atoms with Crippen molar-refractivity contribution in [2.45, 2.75) is 38.3 Å². The van der Waals surface area contributed by atoms with Gasteiger partial charge in [-0.3, -0.25) is 9.69 Å². The van der Waals surface area contributed by atoms with Gasteiger partial charge in [0.1, 0.15) is 5.75 Å². The van der Waals surface area contributed by atoms with Crippen molar-refractivity contribution in [3.8, 4) is 5.75 Å². The highest BCUT2D eigenvalue weighted by Crippen LogP contribution is 2.35. The Bertz CT molecular complexity index is 992. The largest absolute Gasteiger partial charge is 0.573 e. The van der Waals surface area contributed by atoms with Gasteiger partial charge < -0.3 is 9.84 Å². The third kappa shape index (κ3) is 6.59. The minimum absolute atomic E-state index is 0.146. The van der Waals surface area contributed by atoms with Gasteiger partial charge in [-0.25, -0.2) is 0 Å². The summed E-state index contributed by atoms with van der Waals surface area (Å²) >= 11 is 0. The van der Waals surface area contributed by atoms with Gasteiger partial charge in [-0.15, -0.1) is 13.2 Å². The van der Waals surface area contributed by atoms with E-state index >= 15 is 0 Å². The van der Waals surface area contributed by atoms with Gasteiger partial charge >= 0.3 is 12.3 Å². The number of carboxylic acid groups (broad SMARTS) is 1. The lowest BCUT2D eigenvalue weighted by molar-refractivity contribution is -0.274. The van der Waals surface area contributed by atoms with Crippen molar-refractivity contribution in [1.82, 2.24) is 4.90 Å². The first-order valence-electron chi connectivity index (χ1n) is 10.1. The van der Waals surface area contributed by atoms with Crippen LogP contribution in [0.1, 0.15) is 42.1 Å². The average molecular weight is 443 g/mol. The van der Waals surface area contributed by atoms with Crippen molar-refractivity contribution in [1.29, 1.82) is 0 Å². The van der Waals surface area contributed by atoms with Gasteiger partial charge in [0.05, 0.1) is 6.42 Å². The van der Waals surface area contributed by atoms with Gasteiger partial charge in [0.15, 0.2) is 0 Å². The molecular formula is C25H24F3NO3. The summed E-state index contributed by atoms with van der Waals surface area (Å²) in [7, 11) is 0. The second-order valence-electron chi connectivity index (χ2n) is 7.48. The molecule has 7 heteroatoms. The van der Waals surface area contributed by atoms with E-state index in [1.165, 1.54) is 24.3 Å². The molecule has 0 saturated heterocycles.